The van der Waals surface area contributed by atoms with E-state index in [1.807, 2.05) is 18.2 Å². The number of methoxy groups -OCH3 is 1. The Hall–Kier alpha value is -3.94. The van der Waals surface area contributed by atoms with Crippen molar-refractivity contribution < 1.29 is 13.9 Å². The molecule has 0 bridgehead atoms. The quantitative estimate of drug-likeness (QED) is 0.530. The Kier molecular flexibility index (Phi) is 5.30. The number of H-pyrrole nitrogens is 1. The van der Waals surface area contributed by atoms with E-state index in [1.54, 1.807) is 43.1 Å². The number of halogens is 1. The second-order valence-corrected chi connectivity index (χ2v) is 6.62. The van der Waals surface area contributed by atoms with Crippen LogP contribution in [0.5, 0.6) is 11.5 Å². The summed E-state index contributed by atoms with van der Waals surface area (Å²) in [4.78, 5) is 19.3. The number of fused-ring (bicyclic) bond motifs is 1. The van der Waals surface area contributed by atoms with Crippen LogP contribution in [-0.4, -0.2) is 26.9 Å². The summed E-state index contributed by atoms with van der Waals surface area (Å²) in [5.41, 5.74) is 1.96. The molecule has 7 nitrogen and oxygen atoms in total. The van der Waals surface area contributed by atoms with Gasteiger partial charge < -0.3 is 14.5 Å². The Morgan fingerprint density at radius 1 is 1.13 bits per heavy atom. The van der Waals surface area contributed by atoms with E-state index >= 15 is 0 Å². The minimum atomic E-state index is -0.286. The number of hydrogen-bond acceptors (Lipinski definition) is 5. The van der Waals surface area contributed by atoms with E-state index in [4.69, 9.17) is 9.47 Å². The van der Waals surface area contributed by atoms with Crippen LogP contribution in [0.2, 0.25) is 0 Å². The van der Waals surface area contributed by atoms with Crippen molar-refractivity contribution >= 4 is 23.2 Å². The number of ether oxygens (including phenoxy) is 2. The Morgan fingerprint density at radius 2 is 1.93 bits per heavy atom. The molecule has 1 N–H and O–H groups in total. The molecular weight excluding hydrogens is 387 g/mol. The molecule has 0 aliphatic heterocycles. The number of aromatic nitrogens is 4. The Labute approximate surface area is 171 Å². The molecule has 0 atom stereocenters. The van der Waals surface area contributed by atoms with Gasteiger partial charge in [-0.2, -0.15) is 5.10 Å². The lowest BCUT2D eigenvalue weighted by Crippen LogP contribution is -2.09. The number of benzene rings is 2. The zero-order valence-electron chi connectivity index (χ0n) is 16.4. The van der Waals surface area contributed by atoms with Crippen molar-refractivity contribution in [3.8, 4) is 11.5 Å². The molecule has 2 aromatic heterocycles. The fraction of sp³-hybridized carbons (Fsp3) is 0.136. The number of hydrogen-bond donors (Lipinski definition) is 1. The van der Waals surface area contributed by atoms with Gasteiger partial charge in [-0.15, -0.1) is 0 Å². The molecule has 2 heterocycles. The number of aryl methyl sites for hydroxylation is 1. The largest absolute Gasteiger partial charge is 0.493 e. The highest BCUT2D eigenvalue weighted by Crippen LogP contribution is 2.29. The van der Waals surface area contributed by atoms with Crippen LogP contribution < -0.4 is 15.0 Å². The van der Waals surface area contributed by atoms with Gasteiger partial charge in [0.1, 0.15) is 23.6 Å². The van der Waals surface area contributed by atoms with Gasteiger partial charge in [-0.1, -0.05) is 24.3 Å². The Bertz CT molecular complexity index is 1280. The molecule has 0 saturated carbocycles. The van der Waals surface area contributed by atoms with Crippen molar-refractivity contribution in [2.75, 3.05) is 7.11 Å². The topological polar surface area (TPSA) is 82.0 Å². The van der Waals surface area contributed by atoms with Crippen LogP contribution in [0.3, 0.4) is 0 Å². The molecule has 4 aromatic rings. The van der Waals surface area contributed by atoms with Crippen LogP contribution in [0.25, 0.3) is 23.2 Å². The van der Waals surface area contributed by atoms with Crippen LogP contribution in [0.4, 0.5) is 4.39 Å². The number of nitrogens with one attached hydrogen (secondary N) is 1. The summed E-state index contributed by atoms with van der Waals surface area (Å²) in [5, 5.41) is 4.50. The molecule has 0 amide bonds. The molecule has 8 heteroatoms. The van der Waals surface area contributed by atoms with Crippen molar-refractivity contribution in [1.29, 1.82) is 0 Å². The van der Waals surface area contributed by atoms with Gasteiger partial charge in [0.2, 0.25) is 0 Å². The maximum Gasteiger partial charge on any atom is 0.262 e. The van der Waals surface area contributed by atoms with Crippen LogP contribution in [0.15, 0.2) is 53.5 Å². The molecule has 152 valence electrons. The number of nitrogens with zero attached hydrogens (tertiary/aromatic N) is 3. The minimum Gasteiger partial charge on any atom is -0.493 e. The van der Waals surface area contributed by atoms with Gasteiger partial charge in [0, 0.05) is 7.05 Å². The van der Waals surface area contributed by atoms with Gasteiger partial charge in [-0.3, -0.25) is 9.48 Å². The average Bonchev–Trinajstić information content (AvgIpc) is 3.13. The third kappa shape index (κ3) is 4.07. The average molecular weight is 406 g/mol. The van der Waals surface area contributed by atoms with Gasteiger partial charge in [0.15, 0.2) is 17.1 Å². The van der Waals surface area contributed by atoms with Crippen molar-refractivity contribution in [2.45, 2.75) is 6.61 Å². The second kappa shape index (κ2) is 8.20. The molecule has 0 saturated heterocycles. The molecule has 0 unspecified atom stereocenters. The monoisotopic (exact) mass is 406 g/mol. The molecule has 0 aliphatic rings. The van der Waals surface area contributed by atoms with E-state index in [-0.39, 0.29) is 11.4 Å². The molecule has 0 radical (unpaired) electrons. The predicted molar refractivity (Wildman–Crippen MR) is 112 cm³/mol. The first-order valence-corrected chi connectivity index (χ1v) is 9.19. The van der Waals surface area contributed by atoms with E-state index < -0.39 is 0 Å². The Balaban J connectivity index is 1.53. The fourth-order valence-corrected chi connectivity index (χ4v) is 2.95. The van der Waals surface area contributed by atoms with E-state index in [1.165, 1.54) is 18.3 Å². The summed E-state index contributed by atoms with van der Waals surface area (Å²) in [6.45, 7) is 0.293. The summed E-state index contributed by atoms with van der Waals surface area (Å²) < 4.78 is 25.8. The van der Waals surface area contributed by atoms with Gasteiger partial charge in [-0.05, 0) is 41.5 Å². The van der Waals surface area contributed by atoms with Gasteiger partial charge in [0.25, 0.3) is 5.56 Å². The smallest absolute Gasteiger partial charge is 0.262 e. The number of rotatable bonds is 6. The highest BCUT2D eigenvalue weighted by Gasteiger charge is 2.08. The second-order valence-electron chi connectivity index (χ2n) is 6.62. The van der Waals surface area contributed by atoms with E-state index in [0.717, 1.165) is 11.1 Å². The van der Waals surface area contributed by atoms with Crippen molar-refractivity contribution in [2.24, 2.45) is 7.05 Å². The highest BCUT2D eigenvalue weighted by molar-refractivity contribution is 5.75. The lowest BCUT2D eigenvalue weighted by atomic mass is 10.2. The predicted octanol–water partition coefficient (Wildman–Crippen LogP) is 3.55. The summed E-state index contributed by atoms with van der Waals surface area (Å²) in [6.07, 6.45) is 5.01. The van der Waals surface area contributed by atoms with Crippen molar-refractivity contribution in [3.05, 3.63) is 81.8 Å². The normalized spacial score (nSPS) is 11.3. The lowest BCUT2D eigenvalue weighted by Gasteiger charge is -2.11. The van der Waals surface area contributed by atoms with E-state index in [9.17, 15) is 9.18 Å². The summed E-state index contributed by atoms with van der Waals surface area (Å²) in [5.74, 6) is 1.27. The summed E-state index contributed by atoms with van der Waals surface area (Å²) >= 11 is 0. The number of aromatic amines is 1. The standard InChI is InChI=1S/C22H19FN4O3/c1-27-21-17(12-24-27)22(28)26-20(25-21)10-6-14-5-9-18(19(11-14)29-2)30-13-15-3-7-16(23)8-4-15/h3-12H,13H2,1-2H3,(H,25,26,28)/b10-6+. The summed E-state index contributed by atoms with van der Waals surface area (Å²) in [6, 6.07) is 11.6. The van der Waals surface area contributed by atoms with Crippen molar-refractivity contribution in [1.82, 2.24) is 19.7 Å². The molecular formula is C22H19FN4O3. The first kappa shape index (κ1) is 19.4. The zero-order valence-corrected chi connectivity index (χ0v) is 16.4. The molecule has 0 aliphatic carbocycles. The van der Waals surface area contributed by atoms with E-state index in [0.29, 0.717) is 35.0 Å². The molecule has 30 heavy (non-hydrogen) atoms. The summed E-state index contributed by atoms with van der Waals surface area (Å²) in [7, 11) is 3.29. The maximum atomic E-state index is 13.0. The molecule has 0 spiro atoms. The maximum absolute atomic E-state index is 13.0. The van der Waals surface area contributed by atoms with E-state index in [2.05, 4.69) is 15.1 Å². The van der Waals surface area contributed by atoms with Crippen LogP contribution in [-0.2, 0) is 13.7 Å². The molecule has 2 aromatic carbocycles. The van der Waals surface area contributed by atoms with Gasteiger partial charge in [-0.25, -0.2) is 9.37 Å². The van der Waals surface area contributed by atoms with Gasteiger partial charge >= 0.3 is 0 Å². The zero-order chi connectivity index (χ0) is 21.1. The molecule has 0 fully saturated rings. The van der Waals surface area contributed by atoms with Crippen molar-refractivity contribution in [3.63, 3.8) is 0 Å². The third-order valence-corrected chi connectivity index (χ3v) is 4.55. The molecule has 4 rings (SSSR count). The van der Waals surface area contributed by atoms with Crippen LogP contribution in [0, 0.1) is 5.82 Å². The Morgan fingerprint density at radius 3 is 2.70 bits per heavy atom. The first-order chi connectivity index (χ1) is 14.5. The SMILES string of the molecule is COc1cc(/C=C/c2nc3c(cnn3C)c(=O)[nH]2)ccc1OCc1ccc(F)cc1. The fourth-order valence-electron chi connectivity index (χ4n) is 2.95. The highest BCUT2D eigenvalue weighted by atomic mass is 19.1. The van der Waals surface area contributed by atoms with Crippen LogP contribution in [0.1, 0.15) is 17.0 Å². The third-order valence-electron chi connectivity index (χ3n) is 4.55. The van der Waals surface area contributed by atoms with Gasteiger partial charge in [0.05, 0.1) is 13.3 Å². The first-order valence-electron chi connectivity index (χ1n) is 9.19. The minimum absolute atomic E-state index is 0.241. The lowest BCUT2D eigenvalue weighted by molar-refractivity contribution is 0.284. The van der Waals surface area contributed by atoms with Crippen LogP contribution >= 0.6 is 0 Å².